The van der Waals surface area contributed by atoms with Crippen LogP contribution in [-0.4, -0.2) is 48.5 Å². The van der Waals surface area contributed by atoms with Gasteiger partial charge in [-0.05, 0) is 74.4 Å². The van der Waals surface area contributed by atoms with Gasteiger partial charge in [0, 0.05) is 18.2 Å². The van der Waals surface area contributed by atoms with Crippen LogP contribution in [0.25, 0.3) is 11.1 Å². The van der Waals surface area contributed by atoms with Crippen molar-refractivity contribution in [2.24, 2.45) is 0 Å². The zero-order valence-electron chi connectivity index (χ0n) is 18.7. The zero-order valence-corrected chi connectivity index (χ0v) is 18.7. The lowest BCUT2D eigenvalue weighted by Gasteiger charge is -2.37. The number of hydrogen-bond donors (Lipinski definition) is 1. The SMILES string of the molecule is CN1CCC(N(Cc2ccc(F)cc2)Cc2cc(-c3ccc4c(c3)OC(C=O)N4)co2)CC1. The number of nitrogens with zero attached hydrogens (tertiary/aromatic N) is 2. The van der Waals surface area contributed by atoms with E-state index in [0.717, 1.165) is 66.9 Å². The van der Waals surface area contributed by atoms with Crippen LogP contribution in [0.3, 0.4) is 0 Å². The van der Waals surface area contributed by atoms with E-state index < -0.39 is 6.23 Å². The monoisotopic (exact) mass is 449 g/mol. The molecule has 0 aliphatic carbocycles. The van der Waals surface area contributed by atoms with E-state index in [4.69, 9.17) is 9.15 Å². The number of halogens is 1. The first-order valence-electron chi connectivity index (χ1n) is 11.3. The van der Waals surface area contributed by atoms with E-state index in [-0.39, 0.29) is 5.82 Å². The normalized spacial score (nSPS) is 18.7. The second-order valence-corrected chi connectivity index (χ2v) is 8.90. The van der Waals surface area contributed by atoms with Crippen molar-refractivity contribution in [3.05, 3.63) is 71.9 Å². The molecule has 33 heavy (non-hydrogen) atoms. The number of aldehydes is 1. The molecule has 1 fully saturated rings. The first-order chi connectivity index (χ1) is 16.1. The Labute approximate surface area is 192 Å². The molecule has 3 aromatic rings. The summed E-state index contributed by atoms with van der Waals surface area (Å²) in [5, 5.41) is 3.01. The Bertz CT molecular complexity index is 1110. The number of ether oxygens (including phenoxy) is 1. The number of anilines is 1. The van der Waals surface area contributed by atoms with E-state index in [1.807, 2.05) is 30.3 Å². The molecular weight excluding hydrogens is 421 g/mol. The van der Waals surface area contributed by atoms with Gasteiger partial charge in [0.05, 0.1) is 18.5 Å². The molecule has 6 nitrogen and oxygen atoms in total. The topological polar surface area (TPSA) is 58.0 Å². The molecule has 1 N–H and O–H groups in total. The molecule has 172 valence electrons. The van der Waals surface area contributed by atoms with Crippen LogP contribution in [0.1, 0.15) is 24.2 Å². The summed E-state index contributed by atoms with van der Waals surface area (Å²) in [5.41, 5.74) is 3.85. The minimum absolute atomic E-state index is 0.215. The molecule has 0 bridgehead atoms. The van der Waals surface area contributed by atoms with E-state index in [1.54, 1.807) is 6.26 Å². The molecule has 3 heterocycles. The summed E-state index contributed by atoms with van der Waals surface area (Å²) in [5.74, 6) is 1.33. The maximum Gasteiger partial charge on any atom is 0.226 e. The average Bonchev–Trinajstić information content (AvgIpc) is 3.47. The Morgan fingerprint density at radius 3 is 2.64 bits per heavy atom. The third kappa shape index (κ3) is 4.94. The Kier molecular flexibility index (Phi) is 6.15. The summed E-state index contributed by atoms with van der Waals surface area (Å²) < 4.78 is 25.0. The molecular formula is C26H28FN3O3. The van der Waals surface area contributed by atoms with Crippen LogP contribution in [0.4, 0.5) is 10.1 Å². The number of carbonyl (C=O) groups excluding carboxylic acids is 1. The molecule has 0 saturated carbocycles. The van der Waals surface area contributed by atoms with Gasteiger partial charge in [-0.15, -0.1) is 0 Å². The van der Waals surface area contributed by atoms with Crippen LogP contribution >= 0.6 is 0 Å². The first kappa shape index (κ1) is 21.7. The number of rotatable bonds is 7. The van der Waals surface area contributed by atoms with Gasteiger partial charge in [-0.25, -0.2) is 4.39 Å². The standard InChI is InChI=1S/C26H28FN3O3/c1-29-10-8-22(9-11-29)30(14-18-2-5-21(27)6-3-18)15-23-12-20(17-32-23)19-4-7-24-25(13-19)33-26(16-31)28-24/h2-7,12-13,16-17,22,26,28H,8-11,14-15H2,1H3. The Hall–Kier alpha value is -3.16. The highest BCUT2D eigenvalue weighted by Crippen LogP contribution is 2.36. The van der Waals surface area contributed by atoms with Crippen LogP contribution < -0.4 is 10.1 Å². The molecule has 7 heteroatoms. The number of benzene rings is 2. The maximum absolute atomic E-state index is 13.4. The van der Waals surface area contributed by atoms with E-state index in [2.05, 4.69) is 28.2 Å². The molecule has 0 radical (unpaired) electrons. The zero-order chi connectivity index (χ0) is 22.8. The van der Waals surface area contributed by atoms with Crippen molar-refractivity contribution in [1.82, 2.24) is 9.80 Å². The molecule has 1 unspecified atom stereocenters. The Morgan fingerprint density at radius 2 is 1.88 bits per heavy atom. The van der Waals surface area contributed by atoms with Gasteiger partial charge in [-0.3, -0.25) is 9.69 Å². The number of likely N-dealkylation sites (tertiary alicyclic amines) is 1. The van der Waals surface area contributed by atoms with Gasteiger partial charge < -0.3 is 19.4 Å². The highest BCUT2D eigenvalue weighted by molar-refractivity contribution is 5.76. The van der Waals surface area contributed by atoms with Crippen LogP contribution in [0.15, 0.2) is 59.2 Å². The molecule has 2 aromatic carbocycles. The number of furan rings is 1. The van der Waals surface area contributed by atoms with E-state index >= 15 is 0 Å². The maximum atomic E-state index is 13.4. The summed E-state index contributed by atoms with van der Waals surface area (Å²) in [6.07, 6.45) is 4.07. The van der Waals surface area contributed by atoms with Crippen molar-refractivity contribution < 1.29 is 18.3 Å². The van der Waals surface area contributed by atoms with Crippen LogP contribution in [0, 0.1) is 5.82 Å². The van der Waals surface area contributed by atoms with Gasteiger partial charge >= 0.3 is 0 Å². The highest BCUT2D eigenvalue weighted by atomic mass is 19.1. The predicted octanol–water partition coefficient (Wildman–Crippen LogP) is 4.51. The fourth-order valence-electron chi connectivity index (χ4n) is 4.61. The molecule has 0 spiro atoms. The van der Waals surface area contributed by atoms with Crippen molar-refractivity contribution in [2.75, 3.05) is 25.5 Å². The molecule has 0 amide bonds. The van der Waals surface area contributed by atoms with Crippen molar-refractivity contribution in [3.63, 3.8) is 0 Å². The molecule has 1 aromatic heterocycles. The highest BCUT2D eigenvalue weighted by Gasteiger charge is 2.25. The van der Waals surface area contributed by atoms with Gasteiger partial charge in [0.2, 0.25) is 6.23 Å². The lowest BCUT2D eigenvalue weighted by atomic mass is 10.0. The smallest absolute Gasteiger partial charge is 0.226 e. The molecule has 2 aliphatic rings. The fraction of sp³-hybridized carbons (Fsp3) is 0.346. The molecule has 1 atom stereocenters. The van der Waals surface area contributed by atoms with Gasteiger partial charge in [0.15, 0.2) is 6.29 Å². The summed E-state index contributed by atoms with van der Waals surface area (Å²) >= 11 is 0. The van der Waals surface area contributed by atoms with Crippen molar-refractivity contribution in [2.45, 2.75) is 38.2 Å². The summed E-state index contributed by atoms with van der Waals surface area (Å²) in [4.78, 5) is 15.8. The molecule has 1 saturated heterocycles. The first-order valence-corrected chi connectivity index (χ1v) is 11.3. The van der Waals surface area contributed by atoms with Gasteiger partial charge in [0.25, 0.3) is 0 Å². The quantitative estimate of drug-likeness (QED) is 0.536. The van der Waals surface area contributed by atoms with Crippen LogP contribution in [0.2, 0.25) is 0 Å². The van der Waals surface area contributed by atoms with Crippen molar-refractivity contribution in [1.29, 1.82) is 0 Å². The number of fused-ring (bicyclic) bond motifs is 1. The third-order valence-corrected chi connectivity index (χ3v) is 6.51. The van der Waals surface area contributed by atoms with Crippen molar-refractivity contribution >= 4 is 12.0 Å². The van der Waals surface area contributed by atoms with E-state index in [9.17, 15) is 9.18 Å². The lowest BCUT2D eigenvalue weighted by Crippen LogP contribution is -2.43. The molecule has 5 rings (SSSR count). The fourth-order valence-corrected chi connectivity index (χ4v) is 4.61. The van der Waals surface area contributed by atoms with Crippen molar-refractivity contribution in [3.8, 4) is 16.9 Å². The summed E-state index contributed by atoms with van der Waals surface area (Å²) in [6, 6.07) is 15.1. The van der Waals surface area contributed by atoms with Crippen LogP contribution in [0.5, 0.6) is 5.75 Å². The number of nitrogens with one attached hydrogen (secondary N) is 1. The lowest BCUT2D eigenvalue weighted by molar-refractivity contribution is -0.112. The number of hydrogen-bond acceptors (Lipinski definition) is 6. The van der Waals surface area contributed by atoms with Gasteiger partial charge in [0.1, 0.15) is 17.3 Å². The van der Waals surface area contributed by atoms with E-state index in [0.29, 0.717) is 18.3 Å². The Morgan fingerprint density at radius 1 is 1.09 bits per heavy atom. The second-order valence-electron chi connectivity index (χ2n) is 8.90. The summed E-state index contributed by atoms with van der Waals surface area (Å²) in [6.45, 7) is 3.57. The van der Waals surface area contributed by atoms with E-state index in [1.165, 1.54) is 12.1 Å². The predicted molar refractivity (Wildman–Crippen MR) is 124 cm³/mol. The molecule has 2 aliphatic heterocycles. The Balaban J connectivity index is 1.33. The third-order valence-electron chi connectivity index (χ3n) is 6.51. The minimum Gasteiger partial charge on any atom is -0.467 e. The van der Waals surface area contributed by atoms with Crippen LogP contribution in [-0.2, 0) is 17.9 Å². The van der Waals surface area contributed by atoms with Gasteiger partial charge in [-0.2, -0.15) is 0 Å². The average molecular weight is 450 g/mol. The largest absolute Gasteiger partial charge is 0.467 e. The summed E-state index contributed by atoms with van der Waals surface area (Å²) in [7, 11) is 2.16. The van der Waals surface area contributed by atoms with Gasteiger partial charge in [-0.1, -0.05) is 18.2 Å². The number of carbonyl (C=O) groups is 1. The second kappa shape index (κ2) is 9.37. The number of piperidine rings is 1. The minimum atomic E-state index is -0.635.